The Labute approximate surface area is 101 Å². The van der Waals surface area contributed by atoms with Gasteiger partial charge >= 0.3 is 6.08 Å². The Hall–Kier alpha value is -2.57. The number of rotatable bonds is 2. The fraction of sp³-hybridized carbons (Fsp3) is 0.0909. The minimum absolute atomic E-state index is 0.356. The molecule has 0 bridgehead atoms. The minimum Gasteiger partial charge on any atom is -0.388 e. The van der Waals surface area contributed by atoms with E-state index in [-0.39, 0.29) is 0 Å². The van der Waals surface area contributed by atoms with E-state index in [1.54, 1.807) is 19.3 Å². The Morgan fingerprint density at radius 1 is 1.28 bits per heavy atom. The lowest BCUT2D eigenvalue weighted by atomic mass is 10.2. The number of aromatic nitrogens is 5. The number of imidazole rings is 1. The second kappa shape index (κ2) is 4.02. The first-order valence-electron chi connectivity index (χ1n) is 5.29. The van der Waals surface area contributed by atoms with Gasteiger partial charge in [0.05, 0.1) is 12.0 Å². The Kier molecular flexibility index (Phi) is 2.36. The van der Waals surface area contributed by atoms with E-state index >= 15 is 0 Å². The second-order valence-corrected chi connectivity index (χ2v) is 3.62. The van der Waals surface area contributed by atoms with Crippen LogP contribution in [0.1, 0.15) is 0 Å². The molecule has 90 valence electrons. The summed E-state index contributed by atoms with van der Waals surface area (Å²) in [6, 6.07) is 3.58. The van der Waals surface area contributed by atoms with E-state index in [9.17, 15) is 4.39 Å². The average Bonchev–Trinajstić information content (AvgIpc) is 2.85. The molecule has 3 rings (SSSR count). The first-order valence-corrected chi connectivity index (χ1v) is 5.29. The molecule has 6 nitrogen and oxygen atoms in total. The highest BCUT2D eigenvalue weighted by Gasteiger charge is 2.13. The van der Waals surface area contributed by atoms with Gasteiger partial charge in [-0.15, -0.1) is 0 Å². The number of anilines is 1. The van der Waals surface area contributed by atoms with Gasteiger partial charge in [-0.2, -0.15) is 14.4 Å². The third kappa shape index (κ3) is 1.65. The van der Waals surface area contributed by atoms with Crippen molar-refractivity contribution in [3.05, 3.63) is 30.7 Å². The van der Waals surface area contributed by atoms with Gasteiger partial charge in [-0.25, -0.2) is 4.98 Å². The van der Waals surface area contributed by atoms with Gasteiger partial charge in [0.25, 0.3) is 0 Å². The monoisotopic (exact) mass is 244 g/mol. The maximum atomic E-state index is 13.3. The highest BCUT2D eigenvalue weighted by molar-refractivity contribution is 5.85. The number of hydrogen-bond donors (Lipinski definition) is 2. The van der Waals surface area contributed by atoms with Crippen molar-refractivity contribution in [1.82, 2.24) is 24.9 Å². The van der Waals surface area contributed by atoms with Crippen LogP contribution in [0.5, 0.6) is 0 Å². The highest BCUT2D eigenvalue weighted by atomic mass is 19.1. The maximum Gasteiger partial charge on any atom is 0.311 e. The van der Waals surface area contributed by atoms with Crippen LogP contribution in [0.3, 0.4) is 0 Å². The molecule has 0 atom stereocenters. The van der Waals surface area contributed by atoms with Crippen LogP contribution in [0.4, 0.5) is 10.1 Å². The Morgan fingerprint density at radius 2 is 2.17 bits per heavy atom. The molecule has 0 saturated carbocycles. The summed E-state index contributed by atoms with van der Waals surface area (Å²) in [5.74, 6) is 0. The Morgan fingerprint density at radius 3 is 3.00 bits per heavy atom. The second-order valence-electron chi connectivity index (χ2n) is 3.62. The van der Waals surface area contributed by atoms with E-state index in [4.69, 9.17) is 0 Å². The lowest BCUT2D eigenvalue weighted by Gasteiger charge is -2.03. The lowest BCUT2D eigenvalue weighted by molar-refractivity contribution is 0.545. The zero-order valence-electron chi connectivity index (χ0n) is 9.48. The number of halogens is 1. The molecular weight excluding hydrogens is 235 g/mol. The van der Waals surface area contributed by atoms with E-state index in [0.29, 0.717) is 22.6 Å². The van der Waals surface area contributed by atoms with Gasteiger partial charge in [-0.05, 0) is 12.1 Å². The SMILES string of the molecule is CNc1ccnc(-c2nc(F)nc3[nH]cnc23)c1. The summed E-state index contributed by atoms with van der Waals surface area (Å²) in [6.45, 7) is 0. The summed E-state index contributed by atoms with van der Waals surface area (Å²) in [7, 11) is 1.80. The van der Waals surface area contributed by atoms with Crippen molar-refractivity contribution < 1.29 is 4.39 Å². The molecule has 0 aromatic carbocycles. The molecule has 0 aliphatic rings. The van der Waals surface area contributed by atoms with Crippen LogP contribution in [-0.4, -0.2) is 32.0 Å². The molecule has 2 N–H and O–H groups in total. The smallest absolute Gasteiger partial charge is 0.311 e. The van der Waals surface area contributed by atoms with Crippen LogP contribution >= 0.6 is 0 Å². The third-order valence-electron chi connectivity index (χ3n) is 2.54. The van der Waals surface area contributed by atoms with Gasteiger partial charge in [0, 0.05) is 18.9 Å². The molecule has 0 unspecified atom stereocenters. The largest absolute Gasteiger partial charge is 0.388 e. The lowest BCUT2D eigenvalue weighted by Crippen LogP contribution is -1.97. The molecule has 0 radical (unpaired) electrons. The number of nitrogens with zero attached hydrogens (tertiary/aromatic N) is 4. The number of aromatic amines is 1. The summed E-state index contributed by atoms with van der Waals surface area (Å²) >= 11 is 0. The molecular formula is C11H9FN6. The molecule has 3 heterocycles. The van der Waals surface area contributed by atoms with Crippen molar-refractivity contribution >= 4 is 16.9 Å². The summed E-state index contributed by atoms with van der Waals surface area (Å²) in [5, 5.41) is 2.99. The van der Waals surface area contributed by atoms with Crippen LogP contribution in [0.25, 0.3) is 22.6 Å². The minimum atomic E-state index is -0.807. The van der Waals surface area contributed by atoms with E-state index in [0.717, 1.165) is 5.69 Å². The van der Waals surface area contributed by atoms with Crippen molar-refractivity contribution in [2.24, 2.45) is 0 Å². The molecule has 3 aromatic heterocycles. The van der Waals surface area contributed by atoms with E-state index in [1.165, 1.54) is 6.33 Å². The molecule has 0 spiro atoms. The Bertz CT molecular complexity index is 708. The molecule has 7 heteroatoms. The van der Waals surface area contributed by atoms with Gasteiger partial charge in [-0.3, -0.25) is 4.98 Å². The van der Waals surface area contributed by atoms with Crippen LogP contribution in [-0.2, 0) is 0 Å². The molecule has 0 aliphatic carbocycles. The predicted molar refractivity (Wildman–Crippen MR) is 64.4 cm³/mol. The summed E-state index contributed by atoms with van der Waals surface area (Å²) < 4.78 is 13.3. The number of nitrogens with one attached hydrogen (secondary N) is 2. The summed E-state index contributed by atoms with van der Waals surface area (Å²) in [6.07, 6.45) is 2.27. The first-order chi connectivity index (χ1) is 8.78. The first kappa shape index (κ1) is 10.6. The van der Waals surface area contributed by atoms with Gasteiger partial charge in [0.2, 0.25) is 0 Å². The van der Waals surface area contributed by atoms with Gasteiger partial charge in [0.1, 0.15) is 11.2 Å². The molecule has 3 aromatic rings. The predicted octanol–water partition coefficient (Wildman–Crippen LogP) is 1.60. The number of fused-ring (bicyclic) bond motifs is 1. The maximum absolute atomic E-state index is 13.3. The van der Waals surface area contributed by atoms with Crippen molar-refractivity contribution in [3.63, 3.8) is 0 Å². The number of pyridine rings is 1. The molecule has 18 heavy (non-hydrogen) atoms. The van der Waals surface area contributed by atoms with Gasteiger partial charge in [-0.1, -0.05) is 0 Å². The highest BCUT2D eigenvalue weighted by Crippen LogP contribution is 2.23. The zero-order chi connectivity index (χ0) is 12.5. The fourth-order valence-electron chi connectivity index (χ4n) is 1.70. The van der Waals surface area contributed by atoms with Crippen molar-refractivity contribution in [1.29, 1.82) is 0 Å². The topological polar surface area (TPSA) is 79.4 Å². The van der Waals surface area contributed by atoms with Crippen molar-refractivity contribution in [3.8, 4) is 11.4 Å². The average molecular weight is 244 g/mol. The fourth-order valence-corrected chi connectivity index (χ4v) is 1.70. The van der Waals surface area contributed by atoms with Crippen molar-refractivity contribution in [2.45, 2.75) is 0 Å². The van der Waals surface area contributed by atoms with E-state index < -0.39 is 6.08 Å². The third-order valence-corrected chi connectivity index (χ3v) is 2.54. The van der Waals surface area contributed by atoms with E-state index in [1.807, 2.05) is 6.07 Å². The van der Waals surface area contributed by atoms with Crippen LogP contribution < -0.4 is 5.32 Å². The summed E-state index contributed by atoms with van der Waals surface area (Å²) in [5.41, 5.74) is 2.63. The summed E-state index contributed by atoms with van der Waals surface area (Å²) in [4.78, 5) is 18.4. The molecule has 0 saturated heterocycles. The number of H-pyrrole nitrogens is 1. The molecule has 0 amide bonds. The van der Waals surface area contributed by atoms with Crippen LogP contribution in [0.2, 0.25) is 0 Å². The van der Waals surface area contributed by atoms with Gasteiger partial charge < -0.3 is 10.3 Å². The number of hydrogen-bond acceptors (Lipinski definition) is 5. The zero-order valence-corrected chi connectivity index (χ0v) is 9.48. The quantitative estimate of drug-likeness (QED) is 0.669. The molecule has 0 aliphatic heterocycles. The van der Waals surface area contributed by atoms with Crippen LogP contribution in [0.15, 0.2) is 24.7 Å². The molecule has 0 fully saturated rings. The normalized spacial score (nSPS) is 10.8. The van der Waals surface area contributed by atoms with E-state index in [2.05, 4.69) is 30.2 Å². The standard InChI is InChI=1S/C11H9FN6/c1-13-6-2-3-14-7(4-6)8-9-10(16-5-15-9)18-11(12)17-8/h2-5H,1H3,(H,13,14)(H,15,16,17,18). The van der Waals surface area contributed by atoms with Crippen molar-refractivity contribution in [2.75, 3.05) is 12.4 Å². The Balaban J connectivity index is 2.26. The van der Waals surface area contributed by atoms with Crippen LogP contribution in [0, 0.1) is 6.08 Å². The van der Waals surface area contributed by atoms with Gasteiger partial charge in [0.15, 0.2) is 5.65 Å².